The van der Waals surface area contributed by atoms with E-state index in [-0.39, 0.29) is 5.82 Å². The second kappa shape index (κ2) is 10.1. The number of hydrogen-bond donors (Lipinski definition) is 0. The summed E-state index contributed by atoms with van der Waals surface area (Å²) < 4.78 is 14.8. The Kier molecular flexibility index (Phi) is 7.50. The SMILES string of the molecule is CCCCCc1ccc(-c2ccc([C@H]3CC[C@H](CCC)CC3)cc2F)cc1. The summed E-state index contributed by atoms with van der Waals surface area (Å²) in [7, 11) is 0. The van der Waals surface area contributed by atoms with Crippen LogP contribution < -0.4 is 0 Å². The molecular formula is C26H35F. The smallest absolute Gasteiger partial charge is 0.131 e. The predicted molar refractivity (Wildman–Crippen MR) is 115 cm³/mol. The molecule has 0 aromatic heterocycles. The van der Waals surface area contributed by atoms with E-state index in [2.05, 4.69) is 44.2 Å². The van der Waals surface area contributed by atoms with Crippen molar-refractivity contribution in [1.29, 1.82) is 0 Å². The Balaban J connectivity index is 1.64. The van der Waals surface area contributed by atoms with Crippen molar-refractivity contribution < 1.29 is 4.39 Å². The largest absolute Gasteiger partial charge is 0.206 e. The van der Waals surface area contributed by atoms with Gasteiger partial charge in [0.1, 0.15) is 5.82 Å². The highest BCUT2D eigenvalue weighted by molar-refractivity contribution is 5.65. The van der Waals surface area contributed by atoms with Gasteiger partial charge in [0.25, 0.3) is 0 Å². The van der Waals surface area contributed by atoms with Gasteiger partial charge in [-0.3, -0.25) is 0 Å². The molecule has 1 aliphatic carbocycles. The maximum Gasteiger partial charge on any atom is 0.131 e. The molecule has 0 heterocycles. The molecule has 3 rings (SSSR count). The highest BCUT2D eigenvalue weighted by atomic mass is 19.1. The minimum atomic E-state index is -0.0677. The normalized spacial score (nSPS) is 20.0. The van der Waals surface area contributed by atoms with E-state index in [1.54, 1.807) is 6.07 Å². The lowest BCUT2D eigenvalue weighted by Gasteiger charge is -2.28. The molecule has 0 nitrogen and oxygen atoms in total. The van der Waals surface area contributed by atoms with Crippen LogP contribution in [-0.2, 0) is 6.42 Å². The van der Waals surface area contributed by atoms with Crippen molar-refractivity contribution >= 4 is 0 Å². The monoisotopic (exact) mass is 366 g/mol. The fourth-order valence-electron chi connectivity index (χ4n) is 4.64. The zero-order valence-corrected chi connectivity index (χ0v) is 17.1. The molecule has 0 saturated heterocycles. The third kappa shape index (κ3) is 5.43. The van der Waals surface area contributed by atoms with Crippen molar-refractivity contribution in [3.05, 3.63) is 59.4 Å². The number of unbranched alkanes of at least 4 members (excludes halogenated alkanes) is 2. The van der Waals surface area contributed by atoms with Gasteiger partial charge < -0.3 is 0 Å². The summed E-state index contributed by atoms with van der Waals surface area (Å²) in [6.07, 6.45) is 12.6. The zero-order chi connectivity index (χ0) is 19.1. The number of aryl methyl sites for hydroxylation is 1. The van der Waals surface area contributed by atoms with Gasteiger partial charge in [-0.2, -0.15) is 0 Å². The van der Waals surface area contributed by atoms with E-state index in [1.807, 2.05) is 6.07 Å². The third-order valence-electron chi connectivity index (χ3n) is 6.34. The Morgan fingerprint density at radius 3 is 2.22 bits per heavy atom. The van der Waals surface area contributed by atoms with Crippen LogP contribution in [0.25, 0.3) is 11.1 Å². The van der Waals surface area contributed by atoms with Crippen LogP contribution in [0.2, 0.25) is 0 Å². The first kappa shape index (κ1) is 20.1. The molecule has 0 atom stereocenters. The minimum Gasteiger partial charge on any atom is -0.206 e. The van der Waals surface area contributed by atoms with E-state index in [1.165, 1.54) is 68.9 Å². The second-order valence-electron chi connectivity index (χ2n) is 8.40. The van der Waals surface area contributed by atoms with Crippen LogP contribution in [0.5, 0.6) is 0 Å². The maximum atomic E-state index is 14.8. The van der Waals surface area contributed by atoms with Gasteiger partial charge in [-0.15, -0.1) is 0 Å². The summed E-state index contributed by atoms with van der Waals surface area (Å²) in [5.41, 5.74) is 4.28. The Labute approximate surface area is 165 Å². The Hall–Kier alpha value is -1.63. The van der Waals surface area contributed by atoms with Gasteiger partial charge in [-0.05, 0) is 73.1 Å². The molecule has 27 heavy (non-hydrogen) atoms. The molecule has 0 N–H and O–H groups in total. The van der Waals surface area contributed by atoms with Gasteiger partial charge in [-0.1, -0.05) is 75.9 Å². The Morgan fingerprint density at radius 2 is 1.59 bits per heavy atom. The standard InChI is InChI=1S/C26H35F/c1-3-5-6-8-21-11-15-23(16-12-21)25-18-17-24(19-26(25)27)22-13-9-20(7-4-2)10-14-22/h11-12,15-20,22H,3-10,13-14H2,1-2H3/t20-,22-. The topological polar surface area (TPSA) is 0 Å². The molecule has 0 unspecified atom stereocenters. The first-order chi connectivity index (χ1) is 13.2. The maximum absolute atomic E-state index is 14.8. The van der Waals surface area contributed by atoms with E-state index in [0.717, 1.165) is 23.5 Å². The summed E-state index contributed by atoms with van der Waals surface area (Å²) in [4.78, 5) is 0. The molecule has 0 bridgehead atoms. The van der Waals surface area contributed by atoms with Crippen LogP contribution in [0.1, 0.15) is 88.7 Å². The fourth-order valence-corrected chi connectivity index (χ4v) is 4.64. The van der Waals surface area contributed by atoms with Gasteiger partial charge in [0.2, 0.25) is 0 Å². The minimum absolute atomic E-state index is 0.0677. The number of rotatable bonds is 8. The van der Waals surface area contributed by atoms with Crippen molar-refractivity contribution in [3.8, 4) is 11.1 Å². The first-order valence-electron chi connectivity index (χ1n) is 11.1. The number of hydrogen-bond acceptors (Lipinski definition) is 0. The van der Waals surface area contributed by atoms with Crippen molar-refractivity contribution in [2.75, 3.05) is 0 Å². The average molecular weight is 367 g/mol. The molecular weight excluding hydrogens is 331 g/mol. The summed E-state index contributed by atoms with van der Waals surface area (Å²) in [6, 6.07) is 14.4. The molecule has 2 aromatic rings. The Bertz CT molecular complexity index is 693. The van der Waals surface area contributed by atoms with Gasteiger partial charge in [0, 0.05) is 5.56 Å². The van der Waals surface area contributed by atoms with Crippen LogP contribution in [-0.4, -0.2) is 0 Å². The number of halogens is 1. The van der Waals surface area contributed by atoms with Crippen LogP contribution in [0.15, 0.2) is 42.5 Å². The molecule has 1 aliphatic rings. The Morgan fingerprint density at radius 1 is 0.852 bits per heavy atom. The highest BCUT2D eigenvalue weighted by Crippen LogP contribution is 2.38. The van der Waals surface area contributed by atoms with Crippen LogP contribution in [0.3, 0.4) is 0 Å². The van der Waals surface area contributed by atoms with Crippen LogP contribution in [0.4, 0.5) is 4.39 Å². The lowest BCUT2D eigenvalue weighted by atomic mass is 9.77. The van der Waals surface area contributed by atoms with Gasteiger partial charge in [0.05, 0.1) is 0 Å². The van der Waals surface area contributed by atoms with Crippen molar-refractivity contribution in [1.82, 2.24) is 0 Å². The number of benzene rings is 2. The van der Waals surface area contributed by atoms with Crippen LogP contribution >= 0.6 is 0 Å². The molecule has 2 aromatic carbocycles. The third-order valence-corrected chi connectivity index (χ3v) is 6.34. The van der Waals surface area contributed by atoms with E-state index in [4.69, 9.17) is 0 Å². The van der Waals surface area contributed by atoms with Crippen LogP contribution in [0, 0.1) is 11.7 Å². The zero-order valence-electron chi connectivity index (χ0n) is 17.1. The lowest BCUT2D eigenvalue weighted by molar-refractivity contribution is 0.308. The molecule has 0 radical (unpaired) electrons. The van der Waals surface area contributed by atoms with Crippen molar-refractivity contribution in [2.24, 2.45) is 5.92 Å². The highest BCUT2D eigenvalue weighted by Gasteiger charge is 2.22. The van der Waals surface area contributed by atoms with E-state index >= 15 is 0 Å². The summed E-state index contributed by atoms with van der Waals surface area (Å²) in [5, 5.41) is 0. The first-order valence-corrected chi connectivity index (χ1v) is 11.1. The molecule has 1 saturated carbocycles. The van der Waals surface area contributed by atoms with Crippen molar-refractivity contribution in [2.45, 2.75) is 84.0 Å². The summed E-state index contributed by atoms with van der Waals surface area (Å²) >= 11 is 0. The lowest BCUT2D eigenvalue weighted by Crippen LogP contribution is -2.13. The summed E-state index contributed by atoms with van der Waals surface area (Å²) in [5.74, 6) is 1.37. The van der Waals surface area contributed by atoms with Gasteiger partial charge in [-0.25, -0.2) is 4.39 Å². The fraction of sp³-hybridized carbons (Fsp3) is 0.538. The molecule has 1 fully saturated rings. The summed E-state index contributed by atoms with van der Waals surface area (Å²) in [6.45, 7) is 4.50. The van der Waals surface area contributed by atoms with E-state index in [9.17, 15) is 4.39 Å². The molecule has 0 aliphatic heterocycles. The average Bonchev–Trinajstić information content (AvgIpc) is 2.70. The quantitative estimate of drug-likeness (QED) is 0.412. The second-order valence-corrected chi connectivity index (χ2v) is 8.40. The molecule has 0 amide bonds. The van der Waals surface area contributed by atoms with E-state index in [0.29, 0.717) is 5.92 Å². The van der Waals surface area contributed by atoms with Gasteiger partial charge in [0.15, 0.2) is 0 Å². The molecule has 0 spiro atoms. The van der Waals surface area contributed by atoms with Crippen molar-refractivity contribution in [3.63, 3.8) is 0 Å². The predicted octanol–water partition coefficient (Wildman–Crippen LogP) is 8.30. The molecule has 1 heteroatoms. The van der Waals surface area contributed by atoms with Gasteiger partial charge >= 0.3 is 0 Å². The van der Waals surface area contributed by atoms with E-state index < -0.39 is 0 Å². The molecule has 146 valence electrons.